The number of rotatable bonds is 3. The summed E-state index contributed by atoms with van der Waals surface area (Å²) in [5.41, 5.74) is 0.940. The number of anilines is 1. The topological polar surface area (TPSA) is 38.3 Å². The minimum Gasteiger partial charge on any atom is -0.493 e. The summed E-state index contributed by atoms with van der Waals surface area (Å²) in [4.78, 5) is 12.3. The summed E-state index contributed by atoms with van der Waals surface area (Å²) in [6, 6.07) is 8.41. The van der Waals surface area contributed by atoms with Gasteiger partial charge >= 0.3 is 0 Å². The van der Waals surface area contributed by atoms with Crippen LogP contribution in [-0.2, 0) is 0 Å². The molecule has 2 aromatic carbocycles. The van der Waals surface area contributed by atoms with E-state index in [1.54, 1.807) is 30.3 Å². The SMILES string of the molecule is COc1c(Br)cc(Cl)cc1NC(=O)c1ccc(I)c(Cl)c1. The van der Waals surface area contributed by atoms with Crippen LogP contribution in [0, 0.1) is 3.57 Å². The van der Waals surface area contributed by atoms with E-state index in [4.69, 9.17) is 27.9 Å². The van der Waals surface area contributed by atoms with Crippen molar-refractivity contribution in [3.8, 4) is 5.75 Å². The number of hydrogen-bond acceptors (Lipinski definition) is 2. The van der Waals surface area contributed by atoms with Gasteiger partial charge < -0.3 is 10.1 Å². The van der Waals surface area contributed by atoms with Crippen LogP contribution in [0.25, 0.3) is 0 Å². The van der Waals surface area contributed by atoms with E-state index in [9.17, 15) is 4.79 Å². The lowest BCUT2D eigenvalue weighted by atomic mass is 10.2. The lowest BCUT2D eigenvalue weighted by Gasteiger charge is -2.12. The molecule has 0 aliphatic rings. The van der Waals surface area contributed by atoms with E-state index < -0.39 is 0 Å². The lowest BCUT2D eigenvalue weighted by molar-refractivity contribution is 0.102. The fourth-order valence-electron chi connectivity index (χ4n) is 1.69. The van der Waals surface area contributed by atoms with Crippen LogP contribution in [0.1, 0.15) is 10.4 Å². The van der Waals surface area contributed by atoms with Gasteiger partial charge in [0.15, 0.2) is 5.75 Å². The number of hydrogen-bond donors (Lipinski definition) is 1. The smallest absolute Gasteiger partial charge is 0.255 e. The average molecular weight is 501 g/mol. The van der Waals surface area contributed by atoms with E-state index in [1.807, 2.05) is 0 Å². The van der Waals surface area contributed by atoms with Crippen molar-refractivity contribution < 1.29 is 9.53 Å². The summed E-state index contributed by atoms with van der Waals surface area (Å²) < 4.78 is 6.81. The highest BCUT2D eigenvalue weighted by Gasteiger charge is 2.14. The van der Waals surface area contributed by atoms with Crippen molar-refractivity contribution in [3.63, 3.8) is 0 Å². The van der Waals surface area contributed by atoms with Crippen LogP contribution in [0.15, 0.2) is 34.8 Å². The summed E-state index contributed by atoms with van der Waals surface area (Å²) in [6.07, 6.45) is 0. The van der Waals surface area contributed by atoms with Crippen LogP contribution in [0.2, 0.25) is 10.0 Å². The first-order chi connectivity index (χ1) is 9.92. The Kier molecular flexibility index (Phi) is 5.76. The lowest BCUT2D eigenvalue weighted by Crippen LogP contribution is -2.13. The van der Waals surface area contributed by atoms with Crippen LogP contribution >= 0.6 is 61.7 Å². The number of carbonyl (C=O) groups is 1. The van der Waals surface area contributed by atoms with Gasteiger partial charge in [-0.3, -0.25) is 4.79 Å². The molecule has 0 aliphatic carbocycles. The van der Waals surface area contributed by atoms with Crippen LogP contribution in [0.5, 0.6) is 5.75 Å². The van der Waals surface area contributed by atoms with E-state index >= 15 is 0 Å². The molecule has 110 valence electrons. The first-order valence-electron chi connectivity index (χ1n) is 5.72. The molecule has 0 spiro atoms. The Morgan fingerprint density at radius 3 is 2.62 bits per heavy atom. The molecule has 0 fully saturated rings. The third-order valence-corrected chi connectivity index (χ3v) is 5.02. The molecule has 0 atom stereocenters. The zero-order valence-electron chi connectivity index (χ0n) is 10.7. The molecule has 7 heteroatoms. The van der Waals surface area contributed by atoms with Gasteiger partial charge in [0.1, 0.15) is 0 Å². The molecule has 1 N–H and O–H groups in total. The maximum Gasteiger partial charge on any atom is 0.255 e. The second-order valence-corrected chi connectivity index (χ2v) is 6.91. The molecule has 0 saturated carbocycles. The first kappa shape index (κ1) is 16.9. The Bertz CT molecular complexity index is 710. The van der Waals surface area contributed by atoms with Gasteiger partial charge in [0, 0.05) is 14.2 Å². The highest BCUT2D eigenvalue weighted by molar-refractivity contribution is 14.1. The van der Waals surface area contributed by atoms with E-state index in [0.717, 1.165) is 3.57 Å². The molecule has 0 unspecified atom stereocenters. The Morgan fingerprint density at radius 1 is 1.29 bits per heavy atom. The van der Waals surface area contributed by atoms with Crippen molar-refractivity contribution in [1.29, 1.82) is 0 Å². The maximum absolute atomic E-state index is 12.3. The summed E-state index contributed by atoms with van der Waals surface area (Å²) >= 11 is 17.5. The number of carbonyl (C=O) groups excluding carboxylic acids is 1. The molecule has 0 bridgehead atoms. The zero-order chi connectivity index (χ0) is 15.6. The van der Waals surface area contributed by atoms with Gasteiger partial charge in [-0.05, 0) is 68.9 Å². The Morgan fingerprint density at radius 2 is 2.00 bits per heavy atom. The molecule has 0 aliphatic heterocycles. The van der Waals surface area contributed by atoms with Gasteiger partial charge in [0.2, 0.25) is 0 Å². The van der Waals surface area contributed by atoms with Crippen molar-refractivity contribution in [1.82, 2.24) is 0 Å². The predicted octanol–water partition coefficient (Wildman–Crippen LogP) is 5.62. The molecule has 2 aromatic rings. The predicted molar refractivity (Wildman–Crippen MR) is 97.8 cm³/mol. The van der Waals surface area contributed by atoms with E-state index in [1.165, 1.54) is 7.11 Å². The fourth-order valence-corrected chi connectivity index (χ4v) is 3.18. The molecule has 0 radical (unpaired) electrons. The van der Waals surface area contributed by atoms with Crippen molar-refractivity contribution in [3.05, 3.63) is 54.0 Å². The number of halogens is 4. The molecular formula is C14H9BrCl2INO2. The van der Waals surface area contributed by atoms with Gasteiger partial charge in [-0.2, -0.15) is 0 Å². The third kappa shape index (κ3) is 4.03. The Hall–Kier alpha value is -0.500. The fraction of sp³-hybridized carbons (Fsp3) is 0.0714. The average Bonchev–Trinajstić information content (AvgIpc) is 2.41. The highest BCUT2D eigenvalue weighted by atomic mass is 127. The first-order valence-corrected chi connectivity index (χ1v) is 8.34. The van der Waals surface area contributed by atoms with Crippen molar-refractivity contribution in [2.75, 3.05) is 12.4 Å². The minimum absolute atomic E-state index is 0.291. The molecule has 0 saturated heterocycles. The van der Waals surface area contributed by atoms with Gasteiger partial charge in [-0.25, -0.2) is 0 Å². The quantitative estimate of drug-likeness (QED) is 0.555. The minimum atomic E-state index is -0.291. The number of nitrogens with one attached hydrogen (secondary N) is 1. The third-order valence-electron chi connectivity index (χ3n) is 2.64. The molecule has 0 aromatic heterocycles. The summed E-state index contributed by atoms with van der Waals surface area (Å²) in [6.45, 7) is 0. The van der Waals surface area contributed by atoms with Crippen LogP contribution in [-0.4, -0.2) is 13.0 Å². The van der Waals surface area contributed by atoms with E-state index in [2.05, 4.69) is 43.8 Å². The Balaban J connectivity index is 2.33. The molecule has 3 nitrogen and oxygen atoms in total. The zero-order valence-corrected chi connectivity index (χ0v) is 16.0. The summed E-state index contributed by atoms with van der Waals surface area (Å²) in [5.74, 6) is 0.213. The molecule has 2 rings (SSSR count). The summed E-state index contributed by atoms with van der Waals surface area (Å²) in [5, 5.41) is 3.78. The van der Waals surface area contributed by atoms with Crippen LogP contribution < -0.4 is 10.1 Å². The van der Waals surface area contributed by atoms with Crippen molar-refractivity contribution in [2.45, 2.75) is 0 Å². The van der Waals surface area contributed by atoms with E-state index in [-0.39, 0.29) is 5.91 Å². The number of amides is 1. The molecule has 21 heavy (non-hydrogen) atoms. The maximum atomic E-state index is 12.3. The van der Waals surface area contributed by atoms with Crippen molar-refractivity contribution >= 4 is 73.3 Å². The second-order valence-electron chi connectivity index (χ2n) is 4.05. The van der Waals surface area contributed by atoms with E-state index in [0.29, 0.717) is 31.5 Å². The molecular weight excluding hydrogens is 492 g/mol. The number of ether oxygens (including phenoxy) is 1. The summed E-state index contributed by atoms with van der Waals surface area (Å²) in [7, 11) is 1.52. The monoisotopic (exact) mass is 499 g/mol. The Labute approximate surface area is 154 Å². The normalized spacial score (nSPS) is 10.3. The van der Waals surface area contributed by atoms with Gasteiger partial charge in [-0.1, -0.05) is 23.2 Å². The van der Waals surface area contributed by atoms with Crippen LogP contribution in [0.4, 0.5) is 5.69 Å². The molecule has 0 heterocycles. The largest absolute Gasteiger partial charge is 0.493 e. The highest BCUT2D eigenvalue weighted by Crippen LogP contribution is 2.36. The van der Waals surface area contributed by atoms with Gasteiger partial charge in [0.05, 0.1) is 22.3 Å². The number of benzene rings is 2. The van der Waals surface area contributed by atoms with Gasteiger partial charge in [0.25, 0.3) is 5.91 Å². The van der Waals surface area contributed by atoms with Gasteiger partial charge in [-0.15, -0.1) is 0 Å². The standard InChI is InChI=1S/C14H9BrCl2INO2/c1-21-13-9(15)5-8(16)6-12(13)19-14(20)7-2-3-11(18)10(17)4-7/h2-6H,1H3,(H,19,20). The van der Waals surface area contributed by atoms with Crippen molar-refractivity contribution in [2.24, 2.45) is 0 Å². The second kappa shape index (κ2) is 7.17. The van der Waals surface area contributed by atoms with Crippen LogP contribution in [0.3, 0.4) is 0 Å². The number of methoxy groups -OCH3 is 1. The molecule has 1 amide bonds.